The van der Waals surface area contributed by atoms with Crippen molar-refractivity contribution in [2.75, 3.05) is 11.9 Å². The molecule has 4 aromatic rings. The number of hydrogen-bond acceptors (Lipinski definition) is 8. The number of para-hydroxylation sites is 2. The number of amides is 4. The van der Waals surface area contributed by atoms with Gasteiger partial charge < -0.3 is 5.32 Å². The molecule has 1 atom stereocenters. The zero-order valence-corrected chi connectivity index (χ0v) is 22.9. The van der Waals surface area contributed by atoms with Crippen molar-refractivity contribution in [3.05, 3.63) is 72.2 Å². The van der Waals surface area contributed by atoms with Crippen molar-refractivity contribution >= 4 is 40.3 Å². The van der Waals surface area contributed by atoms with Crippen molar-refractivity contribution < 1.29 is 28.0 Å². The van der Waals surface area contributed by atoms with Gasteiger partial charge in [-0.05, 0) is 43.5 Å². The Hall–Kier alpha value is -5.07. The van der Waals surface area contributed by atoms with Crippen LogP contribution in [0, 0.1) is 0 Å². The van der Waals surface area contributed by atoms with Gasteiger partial charge in [0.15, 0.2) is 0 Å². The Morgan fingerprint density at radius 3 is 2.60 bits per heavy atom. The van der Waals surface area contributed by atoms with Crippen molar-refractivity contribution in [1.82, 2.24) is 30.0 Å². The van der Waals surface area contributed by atoms with Gasteiger partial charge in [0.25, 0.3) is 17.7 Å². The second-order valence-corrected chi connectivity index (χ2v) is 10.6. The lowest BCUT2D eigenvalue weighted by Crippen LogP contribution is -2.54. The summed E-state index contributed by atoms with van der Waals surface area (Å²) in [5.41, 5.74) is 3.26. The van der Waals surface area contributed by atoms with Gasteiger partial charge in [-0.15, -0.1) is 0 Å². The molecule has 2 aliphatic heterocycles. The van der Waals surface area contributed by atoms with Gasteiger partial charge >= 0.3 is 0 Å². The number of benzene rings is 2. The van der Waals surface area contributed by atoms with Crippen LogP contribution in [-0.2, 0) is 16.1 Å². The van der Waals surface area contributed by atoms with E-state index in [0.29, 0.717) is 35.4 Å². The number of fused-ring (bicyclic) bond motifs is 2. The minimum Gasteiger partial charge on any atom is -0.384 e. The van der Waals surface area contributed by atoms with E-state index in [1.165, 1.54) is 23.1 Å². The Bertz CT molecular complexity index is 1760. The summed E-state index contributed by atoms with van der Waals surface area (Å²) in [5.74, 6) is -5.37. The lowest BCUT2D eigenvalue weighted by molar-refractivity contribution is -0.136. The SMILES string of the molecule is O=C1CCC(N2C(=O)c3cccc(NCCCCC(F)(F)Cn4cc(-c5cnc6ccccc6n5)cn4)c3C2=O)C(=O)N1. The summed E-state index contributed by atoms with van der Waals surface area (Å²) in [6.45, 7) is -0.292. The lowest BCUT2D eigenvalue weighted by atomic mass is 10.0. The number of alkyl halides is 2. The minimum atomic E-state index is -3.00. The molecule has 1 fully saturated rings. The molecule has 0 aliphatic carbocycles. The highest BCUT2D eigenvalue weighted by atomic mass is 19.3. The van der Waals surface area contributed by atoms with Crippen LogP contribution < -0.4 is 10.6 Å². The quantitative estimate of drug-likeness (QED) is 0.211. The van der Waals surface area contributed by atoms with E-state index in [-0.39, 0.29) is 36.8 Å². The van der Waals surface area contributed by atoms with Crippen LogP contribution in [0.15, 0.2) is 61.1 Å². The molecule has 0 bridgehead atoms. The molecule has 0 saturated carbocycles. The molecule has 2 aromatic heterocycles. The molecule has 6 rings (SSSR count). The van der Waals surface area contributed by atoms with Crippen LogP contribution in [0.3, 0.4) is 0 Å². The number of carbonyl (C=O) groups is 4. The first-order chi connectivity index (χ1) is 20.7. The number of unbranched alkanes of at least 4 members (excludes halogenated alkanes) is 1. The molecule has 4 heterocycles. The molecular weight excluding hydrogens is 560 g/mol. The number of halogens is 2. The molecule has 2 N–H and O–H groups in total. The summed E-state index contributed by atoms with van der Waals surface area (Å²) in [6, 6.07) is 11.1. The number of piperidine rings is 1. The third-order valence-corrected chi connectivity index (χ3v) is 7.52. The Balaban J connectivity index is 1.02. The van der Waals surface area contributed by atoms with Gasteiger partial charge in [0.05, 0.1) is 40.2 Å². The summed E-state index contributed by atoms with van der Waals surface area (Å²) in [6.07, 6.45) is 4.92. The molecule has 2 aromatic carbocycles. The Morgan fingerprint density at radius 1 is 0.977 bits per heavy atom. The highest BCUT2D eigenvalue weighted by Crippen LogP contribution is 2.32. The van der Waals surface area contributed by atoms with E-state index in [2.05, 4.69) is 25.7 Å². The largest absolute Gasteiger partial charge is 0.384 e. The number of imide groups is 2. The van der Waals surface area contributed by atoms with Crippen LogP contribution in [0.25, 0.3) is 22.3 Å². The molecule has 11 nitrogen and oxygen atoms in total. The third-order valence-electron chi connectivity index (χ3n) is 7.52. The maximum Gasteiger partial charge on any atom is 0.267 e. The zero-order chi connectivity index (χ0) is 30.1. The maximum absolute atomic E-state index is 14.8. The molecular formula is C30H27F2N7O4. The highest BCUT2D eigenvalue weighted by Gasteiger charge is 2.45. The first-order valence-corrected chi connectivity index (χ1v) is 13.9. The fourth-order valence-electron chi connectivity index (χ4n) is 5.39. The van der Waals surface area contributed by atoms with Crippen LogP contribution in [0.2, 0.25) is 0 Å². The summed E-state index contributed by atoms with van der Waals surface area (Å²) in [4.78, 5) is 59.7. The molecule has 43 heavy (non-hydrogen) atoms. The first-order valence-electron chi connectivity index (χ1n) is 13.9. The van der Waals surface area contributed by atoms with E-state index >= 15 is 0 Å². The van der Waals surface area contributed by atoms with Crippen molar-refractivity contribution in [2.24, 2.45) is 0 Å². The van der Waals surface area contributed by atoms with E-state index < -0.39 is 42.1 Å². The number of aromatic nitrogens is 4. The lowest BCUT2D eigenvalue weighted by Gasteiger charge is -2.27. The number of nitrogens with zero attached hydrogens (tertiary/aromatic N) is 5. The van der Waals surface area contributed by atoms with E-state index in [1.54, 1.807) is 18.3 Å². The molecule has 4 amide bonds. The minimum absolute atomic E-state index is 0.0280. The van der Waals surface area contributed by atoms with Crippen LogP contribution in [0.5, 0.6) is 0 Å². The van der Waals surface area contributed by atoms with Gasteiger partial charge in [-0.2, -0.15) is 5.10 Å². The summed E-state index contributed by atoms with van der Waals surface area (Å²) < 4.78 is 30.8. The summed E-state index contributed by atoms with van der Waals surface area (Å²) in [7, 11) is 0. The zero-order valence-electron chi connectivity index (χ0n) is 22.9. The molecule has 1 unspecified atom stereocenters. The topological polar surface area (TPSA) is 139 Å². The average molecular weight is 588 g/mol. The van der Waals surface area contributed by atoms with Gasteiger partial charge in [-0.3, -0.25) is 39.1 Å². The Kier molecular flexibility index (Phi) is 7.38. The van der Waals surface area contributed by atoms with Gasteiger partial charge in [0, 0.05) is 36.8 Å². The number of nitrogens with one attached hydrogen (secondary N) is 2. The molecule has 1 saturated heterocycles. The van der Waals surface area contributed by atoms with Crippen LogP contribution in [-0.4, -0.2) is 66.8 Å². The van der Waals surface area contributed by atoms with Gasteiger partial charge in [0.1, 0.15) is 12.6 Å². The number of rotatable bonds is 10. The number of hydrogen-bond donors (Lipinski definition) is 2. The number of carbonyl (C=O) groups excluding carboxylic acids is 4. The fourth-order valence-corrected chi connectivity index (χ4v) is 5.39. The molecule has 0 spiro atoms. The van der Waals surface area contributed by atoms with Crippen LogP contribution in [0.1, 0.15) is 52.8 Å². The predicted molar refractivity (Wildman–Crippen MR) is 151 cm³/mol. The van der Waals surface area contributed by atoms with E-state index in [9.17, 15) is 28.0 Å². The summed E-state index contributed by atoms with van der Waals surface area (Å²) in [5, 5.41) is 9.33. The number of anilines is 1. The normalized spacial score (nSPS) is 17.0. The van der Waals surface area contributed by atoms with E-state index in [1.807, 2.05) is 24.3 Å². The van der Waals surface area contributed by atoms with Gasteiger partial charge in [-0.1, -0.05) is 18.2 Å². The van der Waals surface area contributed by atoms with E-state index in [0.717, 1.165) is 10.4 Å². The third kappa shape index (κ3) is 5.70. The molecule has 2 aliphatic rings. The van der Waals surface area contributed by atoms with Crippen LogP contribution in [0.4, 0.5) is 14.5 Å². The predicted octanol–water partition coefficient (Wildman–Crippen LogP) is 3.81. The highest BCUT2D eigenvalue weighted by molar-refractivity contribution is 6.25. The van der Waals surface area contributed by atoms with Crippen molar-refractivity contribution in [3.63, 3.8) is 0 Å². The average Bonchev–Trinajstić information content (AvgIpc) is 3.54. The second-order valence-electron chi connectivity index (χ2n) is 10.6. The molecule has 220 valence electrons. The van der Waals surface area contributed by atoms with E-state index in [4.69, 9.17) is 0 Å². The Labute approximate surface area is 244 Å². The van der Waals surface area contributed by atoms with Crippen molar-refractivity contribution in [3.8, 4) is 11.3 Å². The monoisotopic (exact) mass is 587 g/mol. The Morgan fingerprint density at radius 2 is 1.79 bits per heavy atom. The molecule has 13 heteroatoms. The molecule has 0 radical (unpaired) electrons. The maximum atomic E-state index is 14.8. The standard InChI is InChI=1S/C30H27F2N7O4/c31-30(32,17-38-16-18(14-35-38)23-15-34-20-7-1-2-8-21(20)36-23)12-3-4-13-33-22-9-5-6-19-26(22)29(43)39(28(19)42)24-10-11-25(40)37-27(24)41/h1-2,5-9,14-16,24,33H,3-4,10-13,17H2,(H,37,40,41). The van der Waals surface area contributed by atoms with Gasteiger partial charge in [-0.25, -0.2) is 13.8 Å². The second kappa shape index (κ2) is 11.3. The van der Waals surface area contributed by atoms with Crippen molar-refractivity contribution in [2.45, 2.75) is 50.6 Å². The first kappa shape index (κ1) is 28.1. The summed E-state index contributed by atoms with van der Waals surface area (Å²) >= 11 is 0. The van der Waals surface area contributed by atoms with Crippen LogP contribution >= 0.6 is 0 Å². The fraction of sp³-hybridized carbons (Fsp3) is 0.300. The van der Waals surface area contributed by atoms with Gasteiger partial charge in [0.2, 0.25) is 11.8 Å². The smallest absolute Gasteiger partial charge is 0.267 e. The van der Waals surface area contributed by atoms with Crippen molar-refractivity contribution in [1.29, 1.82) is 0 Å².